The van der Waals surface area contributed by atoms with E-state index in [-0.39, 0.29) is 17.2 Å². The lowest BCUT2D eigenvalue weighted by Crippen LogP contribution is -2.47. The summed E-state index contributed by atoms with van der Waals surface area (Å²) in [5.41, 5.74) is 0.806. The van der Waals surface area contributed by atoms with E-state index < -0.39 is 21.3 Å². The van der Waals surface area contributed by atoms with Gasteiger partial charge in [0.05, 0.1) is 28.4 Å². The topological polar surface area (TPSA) is 93.9 Å². The van der Waals surface area contributed by atoms with Crippen molar-refractivity contribution >= 4 is 31.7 Å². The van der Waals surface area contributed by atoms with E-state index in [0.29, 0.717) is 12.1 Å². The SMILES string of the molecule is Cc1c(C(=O)NC2(C)CCS(=O)(=O)C2)nnn1-c1cccc(Br)c1. The first-order valence-electron chi connectivity index (χ1n) is 7.40. The van der Waals surface area contributed by atoms with Crippen LogP contribution in [0.1, 0.15) is 29.5 Å². The molecule has 1 fully saturated rings. The summed E-state index contributed by atoms with van der Waals surface area (Å²) in [6.45, 7) is 3.49. The van der Waals surface area contributed by atoms with Crippen LogP contribution in [0.2, 0.25) is 0 Å². The Balaban J connectivity index is 1.85. The van der Waals surface area contributed by atoms with Crippen LogP contribution in [-0.4, -0.2) is 46.4 Å². The lowest BCUT2D eigenvalue weighted by molar-refractivity contribution is 0.0909. The number of rotatable bonds is 3. The van der Waals surface area contributed by atoms with Gasteiger partial charge < -0.3 is 5.32 Å². The van der Waals surface area contributed by atoms with Crippen molar-refractivity contribution < 1.29 is 13.2 Å². The zero-order valence-electron chi connectivity index (χ0n) is 13.3. The van der Waals surface area contributed by atoms with Crippen LogP contribution in [0, 0.1) is 6.92 Å². The number of nitrogens with one attached hydrogen (secondary N) is 1. The van der Waals surface area contributed by atoms with E-state index in [1.165, 1.54) is 0 Å². The standard InChI is InChI=1S/C15H17BrN4O3S/c1-10-13(14(21)17-15(2)6-7-24(22,23)9-15)18-19-20(10)12-5-3-4-11(16)8-12/h3-5,8H,6-7,9H2,1-2H3,(H,17,21). The molecule has 0 spiro atoms. The summed E-state index contributed by atoms with van der Waals surface area (Å²) in [5.74, 6) is -0.369. The molecule has 1 unspecified atom stereocenters. The summed E-state index contributed by atoms with van der Waals surface area (Å²) in [6, 6.07) is 7.49. The van der Waals surface area contributed by atoms with Crippen LogP contribution in [0.15, 0.2) is 28.7 Å². The quantitative estimate of drug-likeness (QED) is 0.826. The van der Waals surface area contributed by atoms with Crippen LogP contribution in [0.4, 0.5) is 0 Å². The Morgan fingerprint density at radius 1 is 1.42 bits per heavy atom. The van der Waals surface area contributed by atoms with Crippen molar-refractivity contribution in [2.75, 3.05) is 11.5 Å². The molecule has 2 aromatic rings. The van der Waals surface area contributed by atoms with Crippen LogP contribution >= 0.6 is 15.9 Å². The summed E-state index contributed by atoms with van der Waals surface area (Å²) in [5, 5.41) is 10.8. The minimum atomic E-state index is -3.10. The molecular weight excluding hydrogens is 396 g/mol. The van der Waals surface area contributed by atoms with Crippen molar-refractivity contribution in [1.29, 1.82) is 0 Å². The van der Waals surface area contributed by atoms with Gasteiger partial charge >= 0.3 is 0 Å². The van der Waals surface area contributed by atoms with Gasteiger partial charge in [-0.3, -0.25) is 4.79 Å². The number of halogens is 1. The molecule has 1 aliphatic rings. The maximum absolute atomic E-state index is 12.5. The van der Waals surface area contributed by atoms with Crippen molar-refractivity contribution in [3.63, 3.8) is 0 Å². The van der Waals surface area contributed by atoms with E-state index in [0.717, 1.165) is 10.2 Å². The Morgan fingerprint density at radius 3 is 2.79 bits per heavy atom. The predicted molar refractivity (Wildman–Crippen MR) is 92.9 cm³/mol. The van der Waals surface area contributed by atoms with E-state index in [1.54, 1.807) is 18.5 Å². The summed E-state index contributed by atoms with van der Waals surface area (Å²) in [6.07, 6.45) is 0.403. The molecule has 9 heteroatoms. The highest BCUT2D eigenvalue weighted by Gasteiger charge is 2.40. The number of nitrogens with zero attached hydrogens (tertiary/aromatic N) is 3. The summed E-state index contributed by atoms with van der Waals surface area (Å²) in [7, 11) is -3.10. The Hall–Kier alpha value is -1.74. The second-order valence-corrected chi connectivity index (χ2v) is 9.37. The van der Waals surface area contributed by atoms with Gasteiger partial charge in [-0.25, -0.2) is 13.1 Å². The lowest BCUT2D eigenvalue weighted by atomic mass is 10.0. The Kier molecular flexibility index (Phi) is 4.25. The second kappa shape index (κ2) is 5.96. The first-order chi connectivity index (χ1) is 11.2. The molecule has 1 amide bonds. The van der Waals surface area contributed by atoms with Gasteiger partial charge in [-0.2, -0.15) is 0 Å². The number of amides is 1. The van der Waals surface area contributed by atoms with Gasteiger partial charge in [0.25, 0.3) is 5.91 Å². The number of hydrogen-bond acceptors (Lipinski definition) is 5. The molecule has 1 saturated heterocycles. The largest absolute Gasteiger partial charge is 0.344 e. The molecule has 7 nitrogen and oxygen atoms in total. The molecule has 0 saturated carbocycles. The van der Waals surface area contributed by atoms with E-state index >= 15 is 0 Å². The zero-order valence-corrected chi connectivity index (χ0v) is 15.7. The lowest BCUT2D eigenvalue weighted by Gasteiger charge is -2.23. The predicted octanol–water partition coefficient (Wildman–Crippen LogP) is 1.65. The molecule has 128 valence electrons. The van der Waals surface area contributed by atoms with E-state index in [9.17, 15) is 13.2 Å². The van der Waals surface area contributed by atoms with Crippen molar-refractivity contribution in [2.24, 2.45) is 0 Å². The maximum Gasteiger partial charge on any atom is 0.274 e. The van der Waals surface area contributed by atoms with Crippen LogP contribution < -0.4 is 5.32 Å². The molecular formula is C15H17BrN4O3S. The molecule has 24 heavy (non-hydrogen) atoms. The Labute approximate surface area is 148 Å². The second-order valence-electron chi connectivity index (χ2n) is 6.27. The van der Waals surface area contributed by atoms with Crippen LogP contribution in [0.3, 0.4) is 0 Å². The fraction of sp³-hybridized carbons (Fsp3) is 0.400. The summed E-state index contributed by atoms with van der Waals surface area (Å²) in [4.78, 5) is 12.5. The van der Waals surface area contributed by atoms with Crippen molar-refractivity contribution in [3.8, 4) is 5.69 Å². The highest BCUT2D eigenvalue weighted by atomic mass is 79.9. The smallest absolute Gasteiger partial charge is 0.274 e. The van der Waals surface area contributed by atoms with Crippen LogP contribution in [0.5, 0.6) is 0 Å². The summed E-state index contributed by atoms with van der Waals surface area (Å²) >= 11 is 3.40. The third-order valence-electron chi connectivity index (χ3n) is 4.08. The van der Waals surface area contributed by atoms with E-state index in [4.69, 9.17) is 0 Å². The fourth-order valence-electron chi connectivity index (χ4n) is 2.83. The molecule has 1 atom stereocenters. The third kappa shape index (κ3) is 3.36. The minimum absolute atomic E-state index is 0.0510. The van der Waals surface area contributed by atoms with Gasteiger partial charge in [-0.05, 0) is 38.5 Å². The first-order valence-corrected chi connectivity index (χ1v) is 10.0. The average molecular weight is 413 g/mol. The molecule has 1 N–H and O–H groups in total. The van der Waals surface area contributed by atoms with Crippen molar-refractivity contribution in [1.82, 2.24) is 20.3 Å². The van der Waals surface area contributed by atoms with Crippen molar-refractivity contribution in [2.45, 2.75) is 25.8 Å². The first kappa shape index (κ1) is 17.1. The number of hydrogen-bond donors (Lipinski definition) is 1. The van der Waals surface area contributed by atoms with Gasteiger partial charge in [0.1, 0.15) is 0 Å². The molecule has 0 radical (unpaired) electrons. The number of benzene rings is 1. The molecule has 0 bridgehead atoms. The number of carbonyl (C=O) groups excluding carboxylic acids is 1. The highest BCUT2D eigenvalue weighted by molar-refractivity contribution is 9.10. The Morgan fingerprint density at radius 2 is 2.17 bits per heavy atom. The fourth-order valence-corrected chi connectivity index (χ4v) is 5.31. The maximum atomic E-state index is 12.5. The Bertz CT molecular complexity index is 909. The van der Waals surface area contributed by atoms with Gasteiger partial charge in [-0.1, -0.05) is 27.2 Å². The third-order valence-corrected chi connectivity index (χ3v) is 6.48. The molecule has 2 heterocycles. The number of sulfone groups is 1. The molecule has 3 rings (SSSR count). The monoisotopic (exact) mass is 412 g/mol. The molecule has 0 aliphatic carbocycles. The van der Waals surface area contributed by atoms with E-state index in [1.807, 2.05) is 24.3 Å². The number of carbonyl (C=O) groups is 1. The van der Waals surface area contributed by atoms with Gasteiger partial charge in [0.2, 0.25) is 0 Å². The van der Waals surface area contributed by atoms with Gasteiger partial charge in [0.15, 0.2) is 15.5 Å². The van der Waals surface area contributed by atoms with Gasteiger partial charge in [-0.15, -0.1) is 5.10 Å². The minimum Gasteiger partial charge on any atom is -0.344 e. The van der Waals surface area contributed by atoms with Crippen molar-refractivity contribution in [3.05, 3.63) is 40.1 Å². The normalized spacial score (nSPS) is 22.5. The molecule has 1 aliphatic heterocycles. The summed E-state index contributed by atoms with van der Waals surface area (Å²) < 4.78 is 25.8. The zero-order chi connectivity index (χ0) is 17.5. The van der Waals surface area contributed by atoms with Crippen LogP contribution in [-0.2, 0) is 9.84 Å². The average Bonchev–Trinajstić information content (AvgIpc) is 2.99. The van der Waals surface area contributed by atoms with E-state index in [2.05, 4.69) is 31.6 Å². The van der Waals surface area contributed by atoms with Gasteiger partial charge in [0, 0.05) is 4.47 Å². The number of aromatic nitrogens is 3. The highest BCUT2D eigenvalue weighted by Crippen LogP contribution is 2.24. The molecule has 1 aromatic carbocycles. The van der Waals surface area contributed by atoms with Crippen LogP contribution in [0.25, 0.3) is 5.69 Å². The molecule has 1 aromatic heterocycles.